The third kappa shape index (κ3) is 3.96. The maximum Gasteiger partial charge on any atom is 0.335 e. The maximum atomic E-state index is 11.4. The molecule has 0 radical (unpaired) electrons. The number of aromatic carboxylic acids is 1. The predicted molar refractivity (Wildman–Crippen MR) is 92.1 cm³/mol. The van der Waals surface area contributed by atoms with Crippen LogP contribution in [0, 0.1) is 20.2 Å². The average molecular weight is 356 g/mol. The monoisotopic (exact) mass is 356 g/mol. The number of carboxylic acid groups (broad SMARTS) is 1. The fraction of sp³-hybridized carbons (Fsp3) is 0.0588. The van der Waals surface area contributed by atoms with Gasteiger partial charge < -0.3 is 5.11 Å². The fourth-order valence-corrected chi connectivity index (χ4v) is 2.22. The molecule has 9 heteroatoms. The summed E-state index contributed by atoms with van der Waals surface area (Å²) in [5.74, 6) is -1.64. The number of nitro groups is 2. The first kappa shape index (κ1) is 18.5. The molecule has 0 heterocycles. The normalized spacial score (nSPS) is 10.7. The molecule has 2 aromatic carbocycles. The Morgan fingerprint density at radius 1 is 0.885 bits per heavy atom. The molecule has 0 unspecified atom stereocenters. The van der Waals surface area contributed by atoms with Gasteiger partial charge in [-0.05, 0) is 37.3 Å². The van der Waals surface area contributed by atoms with E-state index in [0.717, 1.165) is 12.1 Å². The Morgan fingerprint density at radius 3 is 1.69 bits per heavy atom. The van der Waals surface area contributed by atoms with Crippen LogP contribution in [-0.2, 0) is 0 Å². The quantitative estimate of drug-likeness (QED) is 0.361. The van der Waals surface area contributed by atoms with E-state index >= 15 is 0 Å². The molecular weight excluding hydrogens is 344 g/mol. The Kier molecular flexibility index (Phi) is 5.21. The van der Waals surface area contributed by atoms with Crippen LogP contribution in [0.5, 0.6) is 0 Å². The van der Waals surface area contributed by atoms with Gasteiger partial charge in [0, 0.05) is 17.7 Å². The second-order valence-electron chi connectivity index (χ2n) is 5.26. The minimum absolute atomic E-state index is 0.0879. The zero-order chi connectivity index (χ0) is 19.4. The van der Waals surface area contributed by atoms with Gasteiger partial charge in [0.2, 0.25) is 0 Å². The molecule has 0 fully saturated rings. The second-order valence-corrected chi connectivity index (χ2v) is 5.26. The smallest absolute Gasteiger partial charge is 0.335 e. The van der Waals surface area contributed by atoms with Gasteiger partial charge in [-0.1, -0.05) is 6.07 Å². The minimum Gasteiger partial charge on any atom is -0.478 e. The SMILES string of the molecule is CC(=O)c1ccc(/C=C/c2ccc(C(=O)O)cc2[N+](=O)[O-])c([N+](=O)[O-])c1. The molecule has 1 N–H and O–H groups in total. The average Bonchev–Trinajstić information content (AvgIpc) is 2.59. The summed E-state index contributed by atoms with van der Waals surface area (Å²) in [6, 6.07) is 7.26. The predicted octanol–water partition coefficient (Wildman–Crippen LogP) is 3.57. The number of nitrogens with zero attached hydrogens (tertiary/aromatic N) is 2. The van der Waals surface area contributed by atoms with Gasteiger partial charge in [0.1, 0.15) is 0 Å². The third-order valence-electron chi connectivity index (χ3n) is 3.55. The van der Waals surface area contributed by atoms with E-state index in [1.54, 1.807) is 0 Å². The van der Waals surface area contributed by atoms with Crippen LogP contribution in [0.15, 0.2) is 36.4 Å². The summed E-state index contributed by atoms with van der Waals surface area (Å²) in [6.45, 7) is 1.28. The Morgan fingerprint density at radius 2 is 1.31 bits per heavy atom. The van der Waals surface area contributed by atoms with E-state index in [2.05, 4.69) is 0 Å². The van der Waals surface area contributed by atoms with E-state index in [9.17, 15) is 29.8 Å². The van der Waals surface area contributed by atoms with Crippen molar-refractivity contribution >= 4 is 35.3 Å². The molecule has 0 aliphatic heterocycles. The third-order valence-corrected chi connectivity index (χ3v) is 3.55. The van der Waals surface area contributed by atoms with Gasteiger partial charge in [0.05, 0.1) is 26.5 Å². The molecule has 0 aromatic heterocycles. The van der Waals surface area contributed by atoms with E-state index in [4.69, 9.17) is 5.11 Å². The molecule has 0 spiro atoms. The van der Waals surface area contributed by atoms with Crippen molar-refractivity contribution in [2.45, 2.75) is 6.92 Å². The van der Waals surface area contributed by atoms with Gasteiger partial charge in [-0.25, -0.2) is 4.79 Å². The Labute approximate surface area is 146 Å². The number of rotatable bonds is 6. The number of carbonyl (C=O) groups excluding carboxylic acids is 1. The molecule has 26 heavy (non-hydrogen) atoms. The molecule has 2 rings (SSSR count). The summed E-state index contributed by atoms with van der Waals surface area (Å²) in [5.41, 5.74) is -0.597. The number of nitro benzene ring substituents is 2. The van der Waals surface area contributed by atoms with Crippen LogP contribution in [-0.4, -0.2) is 26.7 Å². The summed E-state index contributed by atoms with van der Waals surface area (Å²) < 4.78 is 0. The molecule has 0 bridgehead atoms. The van der Waals surface area contributed by atoms with Gasteiger partial charge in [0.15, 0.2) is 5.78 Å². The first-order valence-electron chi connectivity index (χ1n) is 7.20. The number of Topliss-reactive ketones (excluding diaryl/α,β-unsaturated/α-hetero) is 1. The highest BCUT2D eigenvalue weighted by Gasteiger charge is 2.17. The molecular formula is C17H12N2O7. The van der Waals surface area contributed by atoms with Crippen LogP contribution in [0.2, 0.25) is 0 Å². The summed E-state index contributed by atoms with van der Waals surface area (Å²) in [6.07, 6.45) is 2.57. The van der Waals surface area contributed by atoms with E-state index in [0.29, 0.717) is 0 Å². The molecule has 0 saturated heterocycles. The standard InChI is InChI=1S/C17H12N2O7/c1-10(20)13-6-4-11(15(8-13)18(23)24)2-3-12-5-7-14(17(21)22)9-16(12)19(25)26/h2-9H,1H3,(H,21,22)/b3-2+. The van der Waals surface area contributed by atoms with Crippen LogP contribution in [0.4, 0.5) is 11.4 Å². The number of ketones is 1. The van der Waals surface area contributed by atoms with Crippen molar-refractivity contribution in [3.8, 4) is 0 Å². The summed E-state index contributed by atoms with van der Waals surface area (Å²) in [5, 5.41) is 31.2. The van der Waals surface area contributed by atoms with Crippen LogP contribution >= 0.6 is 0 Å². The Balaban J connectivity index is 2.50. The van der Waals surface area contributed by atoms with Gasteiger partial charge in [-0.3, -0.25) is 25.0 Å². The lowest BCUT2D eigenvalue weighted by atomic mass is 10.0. The molecule has 2 aromatic rings. The summed E-state index contributed by atoms with van der Waals surface area (Å²) in [7, 11) is 0. The van der Waals surface area contributed by atoms with Crippen LogP contribution in [0.1, 0.15) is 38.8 Å². The highest BCUT2D eigenvalue weighted by atomic mass is 16.6. The molecule has 0 atom stereocenters. The summed E-state index contributed by atoms with van der Waals surface area (Å²) in [4.78, 5) is 43.2. The zero-order valence-electron chi connectivity index (χ0n) is 13.4. The minimum atomic E-state index is -1.31. The fourth-order valence-electron chi connectivity index (χ4n) is 2.22. The number of carboxylic acids is 1. The molecule has 0 aliphatic carbocycles. The van der Waals surface area contributed by atoms with Gasteiger partial charge in [0.25, 0.3) is 11.4 Å². The van der Waals surface area contributed by atoms with E-state index < -0.39 is 21.5 Å². The van der Waals surface area contributed by atoms with E-state index in [-0.39, 0.29) is 33.7 Å². The van der Waals surface area contributed by atoms with Crippen molar-refractivity contribution in [3.05, 3.63) is 78.9 Å². The lowest BCUT2D eigenvalue weighted by Crippen LogP contribution is -1.99. The largest absolute Gasteiger partial charge is 0.478 e. The van der Waals surface area contributed by atoms with E-state index in [1.165, 1.54) is 43.3 Å². The Hall–Kier alpha value is -3.88. The first-order chi connectivity index (χ1) is 12.2. The molecule has 9 nitrogen and oxygen atoms in total. The topological polar surface area (TPSA) is 141 Å². The van der Waals surface area contributed by atoms with Gasteiger partial charge in [-0.15, -0.1) is 0 Å². The number of benzene rings is 2. The second kappa shape index (κ2) is 7.34. The zero-order valence-corrected chi connectivity index (χ0v) is 13.4. The maximum absolute atomic E-state index is 11.4. The molecule has 0 amide bonds. The van der Waals surface area contributed by atoms with Crippen molar-refractivity contribution < 1.29 is 24.5 Å². The number of carbonyl (C=O) groups is 2. The lowest BCUT2D eigenvalue weighted by Gasteiger charge is -2.02. The van der Waals surface area contributed by atoms with Crippen molar-refractivity contribution in [2.24, 2.45) is 0 Å². The number of hydrogen-bond donors (Lipinski definition) is 1. The highest BCUT2D eigenvalue weighted by Crippen LogP contribution is 2.26. The van der Waals surface area contributed by atoms with Gasteiger partial charge >= 0.3 is 5.97 Å². The van der Waals surface area contributed by atoms with Crippen molar-refractivity contribution in [1.29, 1.82) is 0 Å². The van der Waals surface area contributed by atoms with Crippen LogP contribution in [0.3, 0.4) is 0 Å². The first-order valence-corrected chi connectivity index (χ1v) is 7.20. The molecule has 132 valence electrons. The lowest BCUT2D eigenvalue weighted by molar-refractivity contribution is -0.385. The molecule has 0 aliphatic rings. The highest BCUT2D eigenvalue weighted by molar-refractivity contribution is 5.95. The Bertz CT molecular complexity index is 886. The van der Waals surface area contributed by atoms with Crippen LogP contribution < -0.4 is 0 Å². The summed E-state index contributed by atoms with van der Waals surface area (Å²) >= 11 is 0. The van der Waals surface area contributed by atoms with Crippen molar-refractivity contribution in [3.63, 3.8) is 0 Å². The number of hydrogen-bond acceptors (Lipinski definition) is 6. The van der Waals surface area contributed by atoms with Crippen molar-refractivity contribution in [2.75, 3.05) is 0 Å². The van der Waals surface area contributed by atoms with Gasteiger partial charge in [-0.2, -0.15) is 0 Å². The van der Waals surface area contributed by atoms with Crippen LogP contribution in [0.25, 0.3) is 12.2 Å². The van der Waals surface area contributed by atoms with Crippen molar-refractivity contribution in [1.82, 2.24) is 0 Å². The molecule has 0 saturated carbocycles. The van der Waals surface area contributed by atoms with E-state index in [1.807, 2.05) is 0 Å².